The number of unbranched alkanes of at least 4 members (excludes halogenated alkanes) is 2. The Balaban J connectivity index is 2.68. The van der Waals surface area contributed by atoms with Gasteiger partial charge in [0, 0.05) is 6.42 Å². The maximum Gasteiger partial charge on any atom is 0.324 e. The van der Waals surface area contributed by atoms with Gasteiger partial charge in [0.1, 0.15) is 0 Å². The average molecular weight is 299 g/mol. The van der Waals surface area contributed by atoms with E-state index in [1.54, 1.807) is 0 Å². The van der Waals surface area contributed by atoms with Crippen LogP contribution in [0.15, 0.2) is 12.1 Å². The lowest BCUT2D eigenvalue weighted by atomic mass is 10.1. The first-order valence-corrected chi connectivity index (χ1v) is 6.24. The first-order chi connectivity index (χ1) is 9.97. The Labute approximate surface area is 119 Å². The summed E-state index contributed by atoms with van der Waals surface area (Å²) in [5.41, 5.74) is -0.960. The fourth-order valence-electron chi connectivity index (χ4n) is 1.71. The van der Waals surface area contributed by atoms with Crippen LogP contribution in [0.4, 0.5) is 10.1 Å². The van der Waals surface area contributed by atoms with Crippen LogP contribution < -0.4 is 4.74 Å². The van der Waals surface area contributed by atoms with Gasteiger partial charge in [0.05, 0.1) is 17.1 Å². The van der Waals surface area contributed by atoms with Crippen molar-refractivity contribution in [1.29, 1.82) is 0 Å². The second-order valence-corrected chi connectivity index (χ2v) is 4.24. The molecule has 0 radical (unpaired) electrons. The highest BCUT2D eigenvalue weighted by Gasteiger charge is 2.24. The van der Waals surface area contributed by atoms with E-state index in [1.807, 2.05) is 0 Å². The maximum atomic E-state index is 13.6. The number of halogens is 1. The zero-order valence-corrected chi connectivity index (χ0v) is 11.1. The van der Waals surface area contributed by atoms with Crippen molar-refractivity contribution in [3.05, 3.63) is 33.6 Å². The van der Waals surface area contributed by atoms with Crippen molar-refractivity contribution in [3.8, 4) is 5.75 Å². The number of hydrogen-bond acceptors (Lipinski definition) is 5. The number of carboxylic acid groups (broad SMARTS) is 1. The van der Waals surface area contributed by atoms with E-state index in [4.69, 9.17) is 9.84 Å². The van der Waals surface area contributed by atoms with Gasteiger partial charge in [-0.05, 0) is 31.4 Å². The highest BCUT2D eigenvalue weighted by molar-refractivity contribution is 5.83. The topological polar surface area (TPSA) is 107 Å². The van der Waals surface area contributed by atoms with Crippen LogP contribution in [0.3, 0.4) is 0 Å². The zero-order chi connectivity index (χ0) is 15.8. The van der Waals surface area contributed by atoms with Crippen LogP contribution in [0.25, 0.3) is 0 Å². The highest BCUT2D eigenvalue weighted by atomic mass is 19.1. The monoisotopic (exact) mass is 299 g/mol. The molecule has 0 spiro atoms. The lowest BCUT2D eigenvalue weighted by molar-refractivity contribution is -0.386. The van der Waals surface area contributed by atoms with Gasteiger partial charge in [0.2, 0.25) is 5.75 Å². The van der Waals surface area contributed by atoms with Crippen molar-refractivity contribution < 1.29 is 28.7 Å². The third-order valence-corrected chi connectivity index (χ3v) is 2.71. The maximum absolute atomic E-state index is 13.6. The summed E-state index contributed by atoms with van der Waals surface area (Å²) in [7, 11) is 0. The molecule has 1 rings (SSSR count). The molecule has 0 fully saturated rings. The van der Waals surface area contributed by atoms with Crippen LogP contribution in [-0.4, -0.2) is 28.9 Å². The van der Waals surface area contributed by atoms with E-state index in [9.17, 15) is 24.1 Å². The molecule has 0 amide bonds. The summed E-state index contributed by atoms with van der Waals surface area (Å²) < 4.78 is 18.6. The first-order valence-electron chi connectivity index (χ1n) is 6.24. The normalized spacial score (nSPS) is 10.1. The number of carbonyl (C=O) groups excluding carboxylic acids is 1. The third kappa shape index (κ3) is 4.83. The number of rotatable bonds is 9. The van der Waals surface area contributed by atoms with E-state index in [0.29, 0.717) is 19.3 Å². The van der Waals surface area contributed by atoms with E-state index in [2.05, 4.69) is 0 Å². The predicted octanol–water partition coefficient (Wildman–Crippen LogP) is 2.57. The molecule has 0 aliphatic rings. The van der Waals surface area contributed by atoms with Gasteiger partial charge in [-0.25, -0.2) is 4.39 Å². The van der Waals surface area contributed by atoms with Crippen LogP contribution in [-0.2, 0) is 4.79 Å². The molecule has 1 aromatic carbocycles. The van der Waals surface area contributed by atoms with Crippen LogP contribution in [0.2, 0.25) is 0 Å². The molecule has 0 saturated heterocycles. The SMILES string of the molecule is O=Cc1ccc(F)c(OCCCCCC(=O)O)c1[N+](=O)[O-]. The Hall–Kier alpha value is -2.51. The van der Waals surface area contributed by atoms with Gasteiger partial charge >= 0.3 is 11.7 Å². The molecule has 21 heavy (non-hydrogen) atoms. The molecule has 0 aromatic heterocycles. The molecular formula is C13H14FNO6. The molecule has 0 aliphatic heterocycles. The second kappa shape index (κ2) is 7.93. The number of nitro groups is 1. The Morgan fingerprint density at radius 1 is 1.38 bits per heavy atom. The minimum absolute atomic E-state index is 0.000308. The van der Waals surface area contributed by atoms with Crippen molar-refractivity contribution in [3.63, 3.8) is 0 Å². The van der Waals surface area contributed by atoms with Crippen molar-refractivity contribution in [2.75, 3.05) is 6.61 Å². The Morgan fingerprint density at radius 2 is 2.10 bits per heavy atom. The fraction of sp³-hybridized carbons (Fsp3) is 0.385. The van der Waals surface area contributed by atoms with Crippen molar-refractivity contribution in [2.24, 2.45) is 0 Å². The number of aliphatic carboxylic acids is 1. The molecule has 0 heterocycles. The predicted molar refractivity (Wildman–Crippen MR) is 70.0 cm³/mol. The third-order valence-electron chi connectivity index (χ3n) is 2.71. The number of nitrogens with zero attached hydrogens (tertiary/aromatic N) is 1. The molecule has 0 unspecified atom stereocenters. The van der Waals surface area contributed by atoms with Crippen molar-refractivity contribution in [1.82, 2.24) is 0 Å². The van der Waals surface area contributed by atoms with E-state index in [-0.39, 0.29) is 24.9 Å². The molecule has 0 atom stereocenters. The average Bonchev–Trinajstić information content (AvgIpc) is 2.43. The number of carboxylic acids is 1. The van der Waals surface area contributed by atoms with Crippen LogP contribution in [0, 0.1) is 15.9 Å². The quantitative estimate of drug-likeness (QED) is 0.325. The minimum atomic E-state index is -0.919. The number of ether oxygens (including phenoxy) is 1. The lowest BCUT2D eigenvalue weighted by Crippen LogP contribution is -2.05. The number of aldehydes is 1. The van der Waals surface area contributed by atoms with Gasteiger partial charge in [-0.15, -0.1) is 0 Å². The molecule has 7 nitrogen and oxygen atoms in total. The summed E-state index contributed by atoms with van der Waals surface area (Å²) in [5, 5.41) is 19.3. The zero-order valence-electron chi connectivity index (χ0n) is 11.1. The van der Waals surface area contributed by atoms with Gasteiger partial charge in [0.15, 0.2) is 12.1 Å². The second-order valence-electron chi connectivity index (χ2n) is 4.24. The van der Waals surface area contributed by atoms with Gasteiger partial charge in [-0.3, -0.25) is 19.7 Å². The number of hydrogen-bond donors (Lipinski definition) is 1. The number of benzene rings is 1. The van der Waals surface area contributed by atoms with E-state index >= 15 is 0 Å². The summed E-state index contributed by atoms with van der Waals surface area (Å²) in [5.74, 6) is -2.39. The standard InChI is InChI=1S/C13H14FNO6/c14-10-6-5-9(8-16)12(15(19)20)13(10)21-7-3-1-2-4-11(17)18/h5-6,8H,1-4,7H2,(H,17,18). The fourth-order valence-corrected chi connectivity index (χ4v) is 1.71. The number of nitro benzene ring substituents is 1. The van der Waals surface area contributed by atoms with Gasteiger partial charge in [0.25, 0.3) is 0 Å². The largest absolute Gasteiger partial charge is 0.485 e. The molecule has 1 aromatic rings. The molecule has 0 saturated carbocycles. The van der Waals surface area contributed by atoms with Crippen LogP contribution in [0.1, 0.15) is 36.0 Å². The molecule has 8 heteroatoms. The van der Waals surface area contributed by atoms with Crippen molar-refractivity contribution in [2.45, 2.75) is 25.7 Å². The van der Waals surface area contributed by atoms with Gasteiger partial charge in [-0.1, -0.05) is 0 Å². The first kappa shape index (κ1) is 16.5. The van der Waals surface area contributed by atoms with Gasteiger partial charge < -0.3 is 9.84 Å². The highest BCUT2D eigenvalue weighted by Crippen LogP contribution is 2.33. The Kier molecular flexibility index (Phi) is 6.25. The molecular weight excluding hydrogens is 285 g/mol. The van der Waals surface area contributed by atoms with Crippen LogP contribution in [0.5, 0.6) is 5.75 Å². The lowest BCUT2D eigenvalue weighted by Gasteiger charge is -2.08. The smallest absolute Gasteiger partial charge is 0.324 e. The summed E-state index contributed by atoms with van der Waals surface area (Å²) >= 11 is 0. The molecule has 0 aliphatic carbocycles. The van der Waals surface area contributed by atoms with Gasteiger partial charge in [-0.2, -0.15) is 0 Å². The van der Waals surface area contributed by atoms with E-state index in [1.165, 1.54) is 0 Å². The molecule has 1 N–H and O–H groups in total. The van der Waals surface area contributed by atoms with Crippen molar-refractivity contribution >= 4 is 17.9 Å². The minimum Gasteiger partial charge on any atom is -0.485 e. The summed E-state index contributed by atoms with van der Waals surface area (Å²) in [6.07, 6.45) is 1.69. The molecule has 114 valence electrons. The van der Waals surface area contributed by atoms with E-state index in [0.717, 1.165) is 12.1 Å². The van der Waals surface area contributed by atoms with Crippen LogP contribution >= 0.6 is 0 Å². The summed E-state index contributed by atoms with van der Waals surface area (Å²) in [6, 6.07) is 1.94. The Morgan fingerprint density at radius 3 is 2.67 bits per heavy atom. The Bertz CT molecular complexity index is 546. The molecule has 0 bridgehead atoms. The van der Waals surface area contributed by atoms with E-state index < -0.39 is 28.1 Å². The number of carbonyl (C=O) groups is 2. The summed E-state index contributed by atoms with van der Waals surface area (Å²) in [4.78, 5) is 31.1. The summed E-state index contributed by atoms with van der Waals surface area (Å²) in [6.45, 7) is -0.000308.